The van der Waals surface area contributed by atoms with Gasteiger partial charge in [0.2, 0.25) is 0 Å². The van der Waals surface area contributed by atoms with E-state index in [0.717, 1.165) is 6.07 Å². The number of benzene rings is 2. The highest BCUT2D eigenvalue weighted by atomic mass is 32.2. The highest BCUT2D eigenvalue weighted by molar-refractivity contribution is 7.92. The molecule has 0 radical (unpaired) electrons. The number of phenolic OH excluding ortho intramolecular Hbond substituents is 2. The van der Waals surface area contributed by atoms with E-state index in [1.807, 2.05) is 0 Å². The van der Waals surface area contributed by atoms with Crippen LogP contribution in [-0.2, 0) is 10.0 Å². The van der Waals surface area contributed by atoms with Gasteiger partial charge in [-0.05, 0) is 36.8 Å². The number of sulfonamides is 1. The average molecular weight is 294 g/mol. The Morgan fingerprint density at radius 2 is 1.75 bits per heavy atom. The Balaban J connectivity index is 2.35. The fraction of sp³-hybridized carbons (Fsp3) is 0.0769. The summed E-state index contributed by atoms with van der Waals surface area (Å²) in [5.74, 6) is -0.188. The highest BCUT2D eigenvalue weighted by Gasteiger charge is 2.16. The van der Waals surface area contributed by atoms with Gasteiger partial charge in [0.05, 0.1) is 16.3 Å². The number of hydrogen-bond acceptors (Lipinski definition) is 5. The number of nitrogens with one attached hydrogen (secondary N) is 1. The van der Waals surface area contributed by atoms with Crippen molar-refractivity contribution in [2.45, 2.75) is 11.8 Å². The molecular weight excluding hydrogens is 280 g/mol. The SMILES string of the molecule is Cc1ccc(NS(=O)(=O)c2ccc(O)c(N)c2)cc1O. The maximum absolute atomic E-state index is 12.1. The summed E-state index contributed by atoms with van der Waals surface area (Å²) >= 11 is 0. The van der Waals surface area contributed by atoms with E-state index in [9.17, 15) is 18.6 Å². The van der Waals surface area contributed by atoms with Crippen molar-refractivity contribution >= 4 is 21.4 Å². The lowest BCUT2D eigenvalue weighted by atomic mass is 10.2. The topological polar surface area (TPSA) is 113 Å². The summed E-state index contributed by atoms with van der Waals surface area (Å²) in [6, 6.07) is 8.05. The van der Waals surface area contributed by atoms with Gasteiger partial charge in [0.1, 0.15) is 11.5 Å². The molecule has 0 unspecified atom stereocenters. The first-order valence-electron chi connectivity index (χ1n) is 5.70. The van der Waals surface area contributed by atoms with Crippen LogP contribution in [0.1, 0.15) is 5.56 Å². The predicted octanol–water partition coefficient (Wildman–Crippen LogP) is 1.79. The number of hydrogen-bond donors (Lipinski definition) is 4. The van der Waals surface area contributed by atoms with Crippen molar-refractivity contribution in [2.24, 2.45) is 0 Å². The van der Waals surface area contributed by atoms with Gasteiger partial charge in [-0.15, -0.1) is 0 Å². The molecular formula is C13H14N2O4S. The van der Waals surface area contributed by atoms with Gasteiger partial charge in [0.25, 0.3) is 10.0 Å². The number of nitrogens with two attached hydrogens (primary N) is 1. The summed E-state index contributed by atoms with van der Waals surface area (Å²) in [5.41, 5.74) is 6.32. The third-order valence-corrected chi connectivity index (χ3v) is 4.15. The number of aromatic hydroxyl groups is 2. The van der Waals surface area contributed by atoms with Crippen LogP contribution < -0.4 is 10.5 Å². The lowest BCUT2D eigenvalue weighted by Gasteiger charge is -2.10. The average Bonchev–Trinajstić information content (AvgIpc) is 2.37. The van der Waals surface area contributed by atoms with Gasteiger partial charge in [-0.1, -0.05) is 6.07 Å². The second-order valence-corrected chi connectivity index (χ2v) is 6.01. The van der Waals surface area contributed by atoms with E-state index in [1.165, 1.54) is 24.3 Å². The second-order valence-electron chi connectivity index (χ2n) is 4.33. The van der Waals surface area contributed by atoms with Gasteiger partial charge in [-0.3, -0.25) is 4.72 Å². The van der Waals surface area contributed by atoms with E-state index < -0.39 is 10.0 Å². The summed E-state index contributed by atoms with van der Waals surface area (Å²) in [6.45, 7) is 1.70. The summed E-state index contributed by atoms with van der Waals surface area (Å²) in [5, 5.41) is 18.9. The Labute approximate surface area is 116 Å². The van der Waals surface area contributed by atoms with Crippen LogP contribution in [0.5, 0.6) is 11.5 Å². The molecule has 0 saturated carbocycles. The number of nitrogen functional groups attached to an aromatic ring is 1. The molecule has 106 valence electrons. The van der Waals surface area contributed by atoms with E-state index in [4.69, 9.17) is 5.73 Å². The Kier molecular flexibility index (Phi) is 3.46. The normalized spacial score (nSPS) is 11.2. The first kappa shape index (κ1) is 14.0. The van der Waals surface area contributed by atoms with Gasteiger partial charge in [-0.2, -0.15) is 0 Å². The predicted molar refractivity (Wildman–Crippen MR) is 76.2 cm³/mol. The van der Waals surface area contributed by atoms with Crippen molar-refractivity contribution in [1.82, 2.24) is 0 Å². The van der Waals surface area contributed by atoms with E-state index in [-0.39, 0.29) is 27.8 Å². The third kappa shape index (κ3) is 2.77. The Morgan fingerprint density at radius 3 is 2.35 bits per heavy atom. The van der Waals surface area contributed by atoms with Crippen LogP contribution in [0.25, 0.3) is 0 Å². The molecule has 2 rings (SSSR count). The Hall–Kier alpha value is -2.41. The van der Waals surface area contributed by atoms with Crippen LogP contribution in [0.4, 0.5) is 11.4 Å². The largest absolute Gasteiger partial charge is 0.508 e. The molecule has 2 aromatic carbocycles. The molecule has 0 aromatic heterocycles. The highest BCUT2D eigenvalue weighted by Crippen LogP contribution is 2.26. The first-order chi connectivity index (χ1) is 9.29. The molecule has 5 N–H and O–H groups in total. The molecule has 20 heavy (non-hydrogen) atoms. The maximum Gasteiger partial charge on any atom is 0.261 e. The van der Waals surface area contributed by atoms with Gasteiger partial charge in [-0.25, -0.2) is 8.42 Å². The van der Waals surface area contributed by atoms with E-state index in [0.29, 0.717) is 5.56 Å². The first-order valence-corrected chi connectivity index (χ1v) is 7.19. The van der Waals surface area contributed by atoms with E-state index in [2.05, 4.69) is 4.72 Å². The lowest BCUT2D eigenvalue weighted by Crippen LogP contribution is -2.13. The molecule has 0 saturated heterocycles. The summed E-state index contributed by atoms with van der Waals surface area (Å²) in [6.07, 6.45) is 0. The lowest BCUT2D eigenvalue weighted by molar-refractivity contribution is 0.471. The van der Waals surface area contributed by atoms with Crippen LogP contribution >= 0.6 is 0 Å². The van der Waals surface area contributed by atoms with Gasteiger partial charge in [0.15, 0.2) is 0 Å². The molecule has 7 heteroatoms. The van der Waals surface area contributed by atoms with Gasteiger partial charge in [0, 0.05) is 6.07 Å². The molecule has 0 bridgehead atoms. The van der Waals surface area contributed by atoms with E-state index >= 15 is 0 Å². The molecule has 2 aromatic rings. The Bertz CT molecular complexity index is 757. The molecule has 0 aliphatic carbocycles. The summed E-state index contributed by atoms with van der Waals surface area (Å²) in [7, 11) is -3.83. The zero-order chi connectivity index (χ0) is 14.9. The van der Waals surface area contributed by atoms with Crippen LogP contribution in [-0.4, -0.2) is 18.6 Å². The monoisotopic (exact) mass is 294 g/mol. The maximum atomic E-state index is 12.1. The molecule has 0 aliphatic rings. The zero-order valence-corrected chi connectivity index (χ0v) is 11.5. The smallest absolute Gasteiger partial charge is 0.261 e. The summed E-state index contributed by atoms with van der Waals surface area (Å²) < 4.78 is 26.6. The molecule has 0 atom stereocenters. The molecule has 0 spiro atoms. The minimum atomic E-state index is -3.83. The quantitative estimate of drug-likeness (QED) is 0.509. The third-order valence-electron chi connectivity index (χ3n) is 2.77. The fourth-order valence-electron chi connectivity index (χ4n) is 1.59. The van der Waals surface area contributed by atoms with Crippen molar-refractivity contribution in [1.29, 1.82) is 0 Å². The zero-order valence-electron chi connectivity index (χ0n) is 10.7. The van der Waals surface area contributed by atoms with Gasteiger partial charge >= 0.3 is 0 Å². The number of aryl methyl sites for hydroxylation is 1. The van der Waals surface area contributed by atoms with Crippen molar-refractivity contribution in [3.63, 3.8) is 0 Å². The van der Waals surface area contributed by atoms with Crippen molar-refractivity contribution < 1.29 is 18.6 Å². The number of rotatable bonds is 3. The molecule has 0 heterocycles. The molecule has 0 fully saturated rings. The minimum Gasteiger partial charge on any atom is -0.508 e. The van der Waals surface area contributed by atoms with Crippen molar-refractivity contribution in [2.75, 3.05) is 10.5 Å². The van der Waals surface area contributed by atoms with Gasteiger partial charge < -0.3 is 15.9 Å². The van der Waals surface area contributed by atoms with Crippen molar-refractivity contribution in [3.8, 4) is 11.5 Å². The molecule has 6 nitrogen and oxygen atoms in total. The van der Waals surface area contributed by atoms with Crippen molar-refractivity contribution in [3.05, 3.63) is 42.0 Å². The number of phenols is 2. The minimum absolute atomic E-state index is 0.00424. The van der Waals surface area contributed by atoms with Crippen LogP contribution in [0.15, 0.2) is 41.3 Å². The molecule has 0 aliphatic heterocycles. The van der Waals surface area contributed by atoms with E-state index in [1.54, 1.807) is 13.0 Å². The second kappa shape index (κ2) is 4.93. The fourth-order valence-corrected chi connectivity index (χ4v) is 2.67. The summed E-state index contributed by atoms with van der Waals surface area (Å²) in [4.78, 5) is -0.0761. The molecule has 0 amide bonds. The Morgan fingerprint density at radius 1 is 1.05 bits per heavy atom. The van der Waals surface area contributed by atoms with Crippen LogP contribution in [0.3, 0.4) is 0 Å². The number of anilines is 2. The van der Waals surface area contributed by atoms with Crippen LogP contribution in [0.2, 0.25) is 0 Å². The van der Waals surface area contributed by atoms with Crippen LogP contribution in [0, 0.1) is 6.92 Å². The standard InChI is InChI=1S/C13H14N2O4S/c1-8-2-3-9(6-13(8)17)15-20(18,19)10-4-5-12(16)11(14)7-10/h2-7,15-17H,14H2,1H3.